The number of benzene rings is 1. The van der Waals surface area contributed by atoms with Crippen molar-refractivity contribution in [3.05, 3.63) is 24.3 Å². The van der Waals surface area contributed by atoms with E-state index in [1.54, 1.807) is 0 Å². The molecule has 0 radical (unpaired) electrons. The van der Waals surface area contributed by atoms with Gasteiger partial charge in [0.2, 0.25) is 5.95 Å². The van der Waals surface area contributed by atoms with Gasteiger partial charge in [-0.15, -0.1) is 0 Å². The average Bonchev–Trinajstić information content (AvgIpc) is 2.49. The van der Waals surface area contributed by atoms with Gasteiger partial charge in [0.05, 0.1) is 5.52 Å². The molecule has 3 rings (SSSR count). The van der Waals surface area contributed by atoms with E-state index in [0.29, 0.717) is 11.9 Å². The summed E-state index contributed by atoms with van der Waals surface area (Å²) in [5.41, 5.74) is 3.50. The lowest BCUT2D eigenvalue weighted by atomic mass is 9.88. The third-order valence-corrected chi connectivity index (χ3v) is 4.35. The second kappa shape index (κ2) is 5.25. The monoisotopic (exact) mass is 271 g/mol. The van der Waals surface area contributed by atoms with Crippen LogP contribution in [-0.4, -0.2) is 23.1 Å². The number of hydrogen-bond donors (Lipinski definition) is 2. The maximum Gasteiger partial charge on any atom is 0.239 e. The van der Waals surface area contributed by atoms with Gasteiger partial charge >= 0.3 is 0 Å². The lowest BCUT2D eigenvalue weighted by Gasteiger charge is -2.36. The molecule has 1 fully saturated rings. The van der Waals surface area contributed by atoms with Gasteiger partial charge in [0, 0.05) is 18.5 Å². The molecule has 0 saturated carbocycles. The summed E-state index contributed by atoms with van der Waals surface area (Å²) in [6.07, 6.45) is 1.20. The van der Waals surface area contributed by atoms with Gasteiger partial charge in [0.15, 0.2) is 0 Å². The number of hydrazine groups is 1. The minimum Gasteiger partial charge on any atom is -0.356 e. The van der Waals surface area contributed by atoms with E-state index in [-0.39, 0.29) is 0 Å². The van der Waals surface area contributed by atoms with Crippen molar-refractivity contribution >= 4 is 22.7 Å². The Morgan fingerprint density at radius 3 is 2.75 bits per heavy atom. The molecule has 5 heteroatoms. The van der Waals surface area contributed by atoms with E-state index in [1.807, 2.05) is 18.2 Å². The average molecular weight is 271 g/mol. The molecule has 1 aromatic carbocycles. The molecular formula is C15H21N5. The highest BCUT2D eigenvalue weighted by Gasteiger charge is 2.25. The fourth-order valence-corrected chi connectivity index (χ4v) is 2.82. The Balaban J connectivity index is 2.05. The van der Waals surface area contributed by atoms with E-state index in [4.69, 9.17) is 5.84 Å². The summed E-state index contributed by atoms with van der Waals surface area (Å²) in [5, 5.41) is 1.09. The Morgan fingerprint density at radius 2 is 2.00 bits per heavy atom. The van der Waals surface area contributed by atoms with Crippen molar-refractivity contribution in [2.45, 2.75) is 20.3 Å². The fourth-order valence-electron chi connectivity index (χ4n) is 2.82. The molecule has 2 atom stereocenters. The third-order valence-electron chi connectivity index (χ3n) is 4.35. The standard InChI is InChI=1S/C15H21N5/c1-10-7-8-20(9-11(10)2)14-12-5-3-4-6-13(12)17-15(18-14)19-16/h3-6,10-11H,7-9,16H2,1-2H3,(H,17,18,19). The summed E-state index contributed by atoms with van der Waals surface area (Å²) in [7, 11) is 0. The van der Waals surface area contributed by atoms with Gasteiger partial charge in [-0.05, 0) is 30.4 Å². The first-order chi connectivity index (χ1) is 9.69. The quantitative estimate of drug-likeness (QED) is 0.648. The van der Waals surface area contributed by atoms with E-state index in [2.05, 4.69) is 40.2 Å². The lowest BCUT2D eigenvalue weighted by Crippen LogP contribution is -2.39. The highest BCUT2D eigenvalue weighted by atomic mass is 15.3. The van der Waals surface area contributed by atoms with Crippen LogP contribution in [0, 0.1) is 11.8 Å². The molecule has 0 aliphatic carbocycles. The molecule has 106 valence electrons. The number of nitrogens with two attached hydrogens (primary N) is 1. The van der Waals surface area contributed by atoms with E-state index in [9.17, 15) is 0 Å². The maximum atomic E-state index is 5.50. The zero-order valence-corrected chi connectivity index (χ0v) is 12.0. The van der Waals surface area contributed by atoms with Crippen LogP contribution in [0.15, 0.2) is 24.3 Å². The molecule has 0 spiro atoms. The van der Waals surface area contributed by atoms with Gasteiger partial charge in [0.25, 0.3) is 0 Å². The van der Waals surface area contributed by atoms with Gasteiger partial charge in [-0.1, -0.05) is 26.0 Å². The predicted octanol–water partition coefficient (Wildman–Crippen LogP) is 2.40. The smallest absolute Gasteiger partial charge is 0.239 e. The molecule has 1 aromatic heterocycles. The first-order valence-corrected chi connectivity index (χ1v) is 7.17. The Labute approximate surface area is 119 Å². The van der Waals surface area contributed by atoms with Crippen LogP contribution in [0.3, 0.4) is 0 Å². The molecule has 5 nitrogen and oxygen atoms in total. The Bertz CT molecular complexity index is 612. The number of aromatic nitrogens is 2. The summed E-state index contributed by atoms with van der Waals surface area (Å²) in [6.45, 7) is 6.71. The molecular weight excluding hydrogens is 250 g/mol. The maximum absolute atomic E-state index is 5.50. The van der Waals surface area contributed by atoms with E-state index < -0.39 is 0 Å². The lowest BCUT2D eigenvalue weighted by molar-refractivity contribution is 0.323. The highest BCUT2D eigenvalue weighted by Crippen LogP contribution is 2.30. The van der Waals surface area contributed by atoms with E-state index in [0.717, 1.165) is 35.7 Å². The minimum absolute atomic E-state index is 0.477. The second-order valence-electron chi connectivity index (χ2n) is 5.72. The van der Waals surface area contributed by atoms with Crippen molar-refractivity contribution < 1.29 is 0 Å². The summed E-state index contributed by atoms with van der Waals surface area (Å²) in [4.78, 5) is 11.3. The number of para-hydroxylation sites is 1. The highest BCUT2D eigenvalue weighted by molar-refractivity contribution is 5.90. The van der Waals surface area contributed by atoms with Crippen molar-refractivity contribution in [2.24, 2.45) is 17.7 Å². The summed E-state index contributed by atoms with van der Waals surface area (Å²) in [6, 6.07) is 8.09. The minimum atomic E-state index is 0.477. The van der Waals surface area contributed by atoms with Crippen LogP contribution in [0.1, 0.15) is 20.3 Å². The van der Waals surface area contributed by atoms with Crippen molar-refractivity contribution in [1.82, 2.24) is 9.97 Å². The van der Waals surface area contributed by atoms with Crippen LogP contribution in [0.25, 0.3) is 10.9 Å². The summed E-state index contributed by atoms with van der Waals surface area (Å²) in [5.74, 6) is 8.40. The van der Waals surface area contributed by atoms with Gasteiger partial charge in [-0.2, -0.15) is 4.98 Å². The molecule has 20 heavy (non-hydrogen) atoms. The second-order valence-corrected chi connectivity index (χ2v) is 5.72. The zero-order valence-electron chi connectivity index (χ0n) is 12.0. The first kappa shape index (κ1) is 13.1. The number of nitrogens with zero attached hydrogens (tertiary/aromatic N) is 3. The zero-order chi connectivity index (χ0) is 14.1. The fraction of sp³-hybridized carbons (Fsp3) is 0.467. The molecule has 1 aliphatic heterocycles. The molecule has 1 aliphatic rings. The SMILES string of the molecule is CC1CCN(c2nc(NN)nc3ccccc23)CC1C. The van der Waals surface area contributed by atoms with Crippen LogP contribution < -0.4 is 16.2 Å². The van der Waals surface area contributed by atoms with Crippen molar-refractivity contribution in [2.75, 3.05) is 23.4 Å². The normalized spacial score (nSPS) is 23.1. The number of fused-ring (bicyclic) bond motifs is 1. The number of hydrogen-bond acceptors (Lipinski definition) is 5. The Kier molecular flexibility index (Phi) is 3.44. The first-order valence-electron chi connectivity index (χ1n) is 7.17. The van der Waals surface area contributed by atoms with Gasteiger partial charge in [-0.25, -0.2) is 10.8 Å². The largest absolute Gasteiger partial charge is 0.356 e. The Morgan fingerprint density at radius 1 is 1.20 bits per heavy atom. The number of piperidine rings is 1. The topological polar surface area (TPSA) is 67.1 Å². The number of nitrogen functional groups attached to an aromatic ring is 1. The van der Waals surface area contributed by atoms with Crippen molar-refractivity contribution in [3.63, 3.8) is 0 Å². The van der Waals surface area contributed by atoms with E-state index in [1.165, 1.54) is 6.42 Å². The van der Waals surface area contributed by atoms with Gasteiger partial charge < -0.3 is 4.90 Å². The number of anilines is 2. The van der Waals surface area contributed by atoms with Crippen LogP contribution in [0.5, 0.6) is 0 Å². The molecule has 0 bridgehead atoms. The molecule has 0 amide bonds. The third kappa shape index (κ3) is 2.29. The van der Waals surface area contributed by atoms with Crippen LogP contribution in [-0.2, 0) is 0 Å². The predicted molar refractivity (Wildman–Crippen MR) is 82.5 cm³/mol. The molecule has 1 saturated heterocycles. The van der Waals surface area contributed by atoms with Crippen molar-refractivity contribution in [1.29, 1.82) is 0 Å². The molecule has 3 N–H and O–H groups in total. The van der Waals surface area contributed by atoms with Gasteiger partial charge in [0.1, 0.15) is 5.82 Å². The molecule has 2 aromatic rings. The van der Waals surface area contributed by atoms with Crippen LogP contribution in [0.2, 0.25) is 0 Å². The van der Waals surface area contributed by atoms with E-state index >= 15 is 0 Å². The summed E-state index contributed by atoms with van der Waals surface area (Å²) < 4.78 is 0. The van der Waals surface area contributed by atoms with Crippen LogP contribution >= 0.6 is 0 Å². The van der Waals surface area contributed by atoms with Gasteiger partial charge in [-0.3, -0.25) is 5.43 Å². The molecule has 2 unspecified atom stereocenters. The van der Waals surface area contributed by atoms with Crippen LogP contribution in [0.4, 0.5) is 11.8 Å². The van der Waals surface area contributed by atoms with Crippen molar-refractivity contribution in [3.8, 4) is 0 Å². The summed E-state index contributed by atoms with van der Waals surface area (Å²) >= 11 is 0. The Hall–Kier alpha value is -1.88. The number of rotatable bonds is 2. The molecule has 2 heterocycles. The number of nitrogens with one attached hydrogen (secondary N) is 1.